The van der Waals surface area contributed by atoms with Crippen molar-refractivity contribution in [1.29, 1.82) is 5.26 Å². The lowest BCUT2D eigenvalue weighted by molar-refractivity contribution is 0.886. The van der Waals surface area contributed by atoms with E-state index in [4.69, 9.17) is 5.26 Å². The number of fused-ring (bicyclic) bond motifs is 1. The molecule has 3 heteroatoms. The molecule has 74 valence electrons. The lowest BCUT2D eigenvalue weighted by Gasteiger charge is -1.98. The van der Waals surface area contributed by atoms with Crippen molar-refractivity contribution < 1.29 is 0 Å². The van der Waals surface area contributed by atoms with E-state index in [0.29, 0.717) is 5.57 Å². The van der Waals surface area contributed by atoms with Gasteiger partial charge in [0.2, 0.25) is 0 Å². The lowest BCUT2D eigenvalue weighted by atomic mass is 10.1. The molecule has 0 saturated heterocycles. The summed E-state index contributed by atoms with van der Waals surface area (Å²) in [5.41, 5.74) is 3.29. The van der Waals surface area contributed by atoms with Crippen LogP contribution in [0.1, 0.15) is 11.4 Å². The molecule has 0 spiro atoms. The highest BCUT2D eigenvalue weighted by Gasteiger charge is 2.05. The van der Waals surface area contributed by atoms with Crippen LogP contribution in [0.15, 0.2) is 24.8 Å². The fourth-order valence-electron chi connectivity index (χ4n) is 1.57. The Morgan fingerprint density at radius 1 is 1.53 bits per heavy atom. The fourth-order valence-corrected chi connectivity index (χ4v) is 1.57. The molecule has 0 fully saturated rings. The van der Waals surface area contributed by atoms with E-state index in [-0.39, 0.29) is 0 Å². The second-order valence-electron chi connectivity index (χ2n) is 3.51. The van der Waals surface area contributed by atoms with E-state index < -0.39 is 0 Å². The Kier molecular flexibility index (Phi) is 2.05. The number of aryl methyl sites for hydroxylation is 2. The highest BCUT2D eigenvalue weighted by molar-refractivity contribution is 5.84. The SMILES string of the molecule is C=C(C#N)c1ccc2c(c1)nc(C)n2C. The Bertz CT molecular complexity index is 585. The molecule has 0 atom stereocenters. The second kappa shape index (κ2) is 3.25. The van der Waals surface area contributed by atoms with Crippen molar-refractivity contribution in [2.24, 2.45) is 7.05 Å². The van der Waals surface area contributed by atoms with Gasteiger partial charge in [-0.25, -0.2) is 4.98 Å². The molecule has 3 nitrogen and oxygen atoms in total. The third-order valence-electron chi connectivity index (χ3n) is 2.59. The molecule has 0 radical (unpaired) electrons. The first-order chi connectivity index (χ1) is 7.13. The molecule has 0 unspecified atom stereocenters. The molecule has 0 saturated carbocycles. The molecule has 1 heterocycles. The first kappa shape index (κ1) is 9.47. The quantitative estimate of drug-likeness (QED) is 0.659. The van der Waals surface area contributed by atoms with Gasteiger partial charge in [-0.2, -0.15) is 5.26 Å². The molecule has 0 amide bonds. The van der Waals surface area contributed by atoms with Crippen molar-refractivity contribution in [1.82, 2.24) is 9.55 Å². The summed E-state index contributed by atoms with van der Waals surface area (Å²) in [6.45, 7) is 5.64. The van der Waals surface area contributed by atoms with Gasteiger partial charge < -0.3 is 4.57 Å². The van der Waals surface area contributed by atoms with Crippen LogP contribution in [0.5, 0.6) is 0 Å². The summed E-state index contributed by atoms with van der Waals surface area (Å²) >= 11 is 0. The van der Waals surface area contributed by atoms with Crippen LogP contribution in [0.4, 0.5) is 0 Å². The van der Waals surface area contributed by atoms with E-state index in [1.165, 1.54) is 0 Å². The molecule has 1 aromatic carbocycles. The molecule has 0 aliphatic rings. The monoisotopic (exact) mass is 197 g/mol. The van der Waals surface area contributed by atoms with Gasteiger partial charge in [-0.05, 0) is 24.6 Å². The summed E-state index contributed by atoms with van der Waals surface area (Å²) in [5, 5.41) is 8.74. The number of aromatic nitrogens is 2. The average Bonchev–Trinajstić information content (AvgIpc) is 2.53. The fraction of sp³-hybridized carbons (Fsp3) is 0.167. The van der Waals surface area contributed by atoms with Crippen molar-refractivity contribution in [3.05, 3.63) is 36.2 Å². The van der Waals surface area contributed by atoms with E-state index in [0.717, 1.165) is 22.4 Å². The second-order valence-corrected chi connectivity index (χ2v) is 3.51. The topological polar surface area (TPSA) is 41.6 Å². The number of benzene rings is 1. The average molecular weight is 197 g/mol. The van der Waals surface area contributed by atoms with Gasteiger partial charge in [0.1, 0.15) is 5.82 Å². The van der Waals surface area contributed by atoms with Crippen molar-refractivity contribution in [2.45, 2.75) is 6.92 Å². The molecular weight excluding hydrogens is 186 g/mol. The van der Waals surface area contributed by atoms with Crippen molar-refractivity contribution >= 4 is 16.6 Å². The van der Waals surface area contributed by atoms with Crippen LogP contribution in [-0.4, -0.2) is 9.55 Å². The standard InChI is InChI=1S/C12H11N3/c1-8(7-13)10-4-5-12-11(6-10)14-9(2)15(12)3/h4-6H,1H2,2-3H3. The molecule has 15 heavy (non-hydrogen) atoms. The van der Waals surface area contributed by atoms with Gasteiger partial charge in [-0.1, -0.05) is 12.6 Å². The smallest absolute Gasteiger partial charge is 0.106 e. The predicted molar refractivity (Wildman–Crippen MR) is 60.1 cm³/mol. The number of nitrogens with zero attached hydrogens (tertiary/aromatic N) is 3. The maximum absolute atomic E-state index is 8.74. The van der Waals surface area contributed by atoms with Gasteiger partial charge >= 0.3 is 0 Å². The molecule has 2 aromatic rings. The number of hydrogen-bond donors (Lipinski definition) is 0. The molecular formula is C12H11N3. The van der Waals surface area contributed by atoms with Crippen LogP contribution < -0.4 is 0 Å². The van der Waals surface area contributed by atoms with Gasteiger partial charge in [0, 0.05) is 7.05 Å². The van der Waals surface area contributed by atoms with E-state index >= 15 is 0 Å². The van der Waals surface area contributed by atoms with Gasteiger partial charge in [-0.15, -0.1) is 0 Å². The van der Waals surface area contributed by atoms with E-state index in [2.05, 4.69) is 11.6 Å². The molecule has 0 bridgehead atoms. The van der Waals surface area contributed by atoms with Crippen LogP contribution in [0.2, 0.25) is 0 Å². The first-order valence-electron chi connectivity index (χ1n) is 4.66. The molecule has 1 aromatic heterocycles. The van der Waals surface area contributed by atoms with Crippen molar-refractivity contribution in [2.75, 3.05) is 0 Å². The number of rotatable bonds is 1. The number of nitriles is 1. The highest BCUT2D eigenvalue weighted by Crippen LogP contribution is 2.19. The van der Waals surface area contributed by atoms with Crippen LogP contribution in [0.3, 0.4) is 0 Å². The summed E-state index contributed by atoms with van der Waals surface area (Å²) in [7, 11) is 1.98. The van der Waals surface area contributed by atoms with E-state index in [1.807, 2.05) is 42.8 Å². The Morgan fingerprint density at radius 3 is 2.93 bits per heavy atom. The number of imidazole rings is 1. The van der Waals surface area contributed by atoms with Gasteiger partial charge in [0.15, 0.2) is 0 Å². The Balaban J connectivity index is 2.68. The van der Waals surface area contributed by atoms with Gasteiger partial charge in [0.05, 0.1) is 22.7 Å². The zero-order valence-electron chi connectivity index (χ0n) is 8.78. The maximum Gasteiger partial charge on any atom is 0.106 e. The summed E-state index contributed by atoms with van der Waals surface area (Å²) in [6, 6.07) is 7.80. The molecule has 0 N–H and O–H groups in total. The summed E-state index contributed by atoms with van der Waals surface area (Å²) in [6.07, 6.45) is 0. The third kappa shape index (κ3) is 1.40. The Labute approximate surface area is 88.3 Å². The Hall–Kier alpha value is -2.08. The van der Waals surface area contributed by atoms with Crippen molar-refractivity contribution in [3.8, 4) is 6.07 Å². The first-order valence-corrected chi connectivity index (χ1v) is 4.66. The zero-order chi connectivity index (χ0) is 11.0. The normalized spacial score (nSPS) is 10.2. The number of allylic oxidation sites excluding steroid dienone is 1. The summed E-state index contributed by atoms with van der Waals surface area (Å²) in [4.78, 5) is 4.40. The van der Waals surface area contributed by atoms with Crippen molar-refractivity contribution in [3.63, 3.8) is 0 Å². The summed E-state index contributed by atoms with van der Waals surface area (Å²) < 4.78 is 2.02. The zero-order valence-corrected chi connectivity index (χ0v) is 8.78. The van der Waals surface area contributed by atoms with Crippen LogP contribution in [0, 0.1) is 18.3 Å². The number of hydrogen-bond acceptors (Lipinski definition) is 2. The molecule has 0 aliphatic carbocycles. The highest BCUT2D eigenvalue weighted by atomic mass is 15.0. The molecule has 0 aliphatic heterocycles. The molecule has 2 rings (SSSR count). The maximum atomic E-state index is 8.74. The van der Waals surface area contributed by atoms with Crippen LogP contribution >= 0.6 is 0 Å². The van der Waals surface area contributed by atoms with Crippen LogP contribution in [0.25, 0.3) is 16.6 Å². The van der Waals surface area contributed by atoms with Gasteiger partial charge in [-0.3, -0.25) is 0 Å². The van der Waals surface area contributed by atoms with Crippen LogP contribution in [-0.2, 0) is 7.05 Å². The van der Waals surface area contributed by atoms with E-state index in [9.17, 15) is 0 Å². The van der Waals surface area contributed by atoms with E-state index in [1.54, 1.807) is 0 Å². The largest absolute Gasteiger partial charge is 0.331 e. The minimum Gasteiger partial charge on any atom is -0.331 e. The minimum atomic E-state index is 0.472. The van der Waals surface area contributed by atoms with Gasteiger partial charge in [0.25, 0.3) is 0 Å². The lowest BCUT2D eigenvalue weighted by Crippen LogP contribution is -1.89. The summed E-state index contributed by atoms with van der Waals surface area (Å²) in [5.74, 6) is 0.963. The minimum absolute atomic E-state index is 0.472. The predicted octanol–water partition coefficient (Wildman–Crippen LogP) is 2.42. The third-order valence-corrected chi connectivity index (χ3v) is 2.59. The Morgan fingerprint density at radius 2 is 2.27 bits per heavy atom.